The van der Waals surface area contributed by atoms with Crippen molar-refractivity contribution in [2.45, 2.75) is 40.5 Å². The molecule has 0 saturated carbocycles. The van der Waals surface area contributed by atoms with Gasteiger partial charge in [-0.05, 0) is 24.8 Å². The summed E-state index contributed by atoms with van der Waals surface area (Å²) in [5, 5.41) is 3.31. The molecule has 3 nitrogen and oxygen atoms in total. The third kappa shape index (κ3) is 7.79. The molecular weight excluding hydrogens is 210 g/mol. The Labute approximate surface area is 94.6 Å². The summed E-state index contributed by atoms with van der Waals surface area (Å²) in [7, 11) is -2.78. The zero-order valence-electron chi connectivity index (χ0n) is 10.5. The Balaban J connectivity index is 3.57. The maximum absolute atomic E-state index is 11.2. The first kappa shape index (κ1) is 14.9. The van der Waals surface area contributed by atoms with Crippen LogP contribution in [-0.2, 0) is 9.84 Å². The van der Waals surface area contributed by atoms with Crippen LogP contribution in [0.15, 0.2) is 0 Å². The Hall–Kier alpha value is -0.0900. The second-order valence-corrected chi connectivity index (χ2v) is 7.26. The third-order valence-corrected chi connectivity index (χ3v) is 4.60. The van der Waals surface area contributed by atoms with E-state index in [0.29, 0.717) is 11.2 Å². The Kier molecular flexibility index (Phi) is 6.44. The first-order valence-electron chi connectivity index (χ1n) is 5.74. The van der Waals surface area contributed by atoms with Crippen LogP contribution in [0.2, 0.25) is 0 Å². The lowest BCUT2D eigenvalue weighted by atomic mass is 9.90. The van der Waals surface area contributed by atoms with Crippen molar-refractivity contribution in [2.75, 3.05) is 24.6 Å². The van der Waals surface area contributed by atoms with Crippen LogP contribution in [0, 0.1) is 5.41 Å². The van der Waals surface area contributed by atoms with Gasteiger partial charge in [-0.1, -0.05) is 27.7 Å². The van der Waals surface area contributed by atoms with E-state index in [1.165, 1.54) is 0 Å². The summed E-state index contributed by atoms with van der Waals surface area (Å²) in [6.07, 6.45) is 1.85. The average molecular weight is 235 g/mol. The maximum Gasteiger partial charge on any atom is 0.150 e. The van der Waals surface area contributed by atoms with Crippen molar-refractivity contribution in [3.63, 3.8) is 0 Å². The van der Waals surface area contributed by atoms with Gasteiger partial charge in [0.15, 0.2) is 0 Å². The molecule has 0 rings (SSSR count). The predicted molar refractivity (Wildman–Crippen MR) is 65.9 cm³/mol. The fraction of sp³-hybridized carbons (Fsp3) is 1.00. The van der Waals surface area contributed by atoms with Crippen LogP contribution in [-0.4, -0.2) is 33.0 Å². The molecule has 0 aromatic heterocycles. The number of rotatable bonds is 8. The summed E-state index contributed by atoms with van der Waals surface area (Å²) in [6.45, 7) is 10.0. The van der Waals surface area contributed by atoms with E-state index in [-0.39, 0.29) is 5.75 Å². The van der Waals surface area contributed by atoms with Gasteiger partial charge in [-0.25, -0.2) is 8.42 Å². The Morgan fingerprint density at radius 3 is 2.27 bits per heavy atom. The minimum absolute atomic E-state index is 0.257. The molecule has 0 fully saturated rings. The van der Waals surface area contributed by atoms with Crippen molar-refractivity contribution < 1.29 is 8.42 Å². The zero-order chi connectivity index (χ0) is 11.9. The van der Waals surface area contributed by atoms with Crippen LogP contribution >= 0.6 is 0 Å². The fourth-order valence-corrected chi connectivity index (χ4v) is 1.99. The molecule has 0 aliphatic carbocycles. The number of nitrogens with one attached hydrogen (secondary N) is 1. The van der Waals surface area contributed by atoms with Gasteiger partial charge in [-0.15, -0.1) is 0 Å². The van der Waals surface area contributed by atoms with Crippen molar-refractivity contribution in [3.05, 3.63) is 0 Å². The molecule has 0 amide bonds. The molecule has 0 aromatic carbocycles. The van der Waals surface area contributed by atoms with E-state index in [1.807, 2.05) is 0 Å². The SMILES string of the molecule is CCC(C)(C)CNCCCS(=O)(=O)CC. The molecule has 4 heteroatoms. The van der Waals surface area contributed by atoms with Crippen molar-refractivity contribution in [1.29, 1.82) is 0 Å². The highest BCUT2D eigenvalue weighted by atomic mass is 32.2. The van der Waals surface area contributed by atoms with Crippen LogP contribution in [0.3, 0.4) is 0 Å². The molecule has 0 radical (unpaired) electrons. The highest BCUT2D eigenvalue weighted by Gasteiger charge is 2.14. The molecule has 0 aromatic rings. The Morgan fingerprint density at radius 1 is 1.20 bits per heavy atom. The molecule has 0 saturated heterocycles. The summed E-state index contributed by atoms with van der Waals surface area (Å²) in [5.74, 6) is 0.566. The highest BCUT2D eigenvalue weighted by Crippen LogP contribution is 2.17. The Bertz CT molecular complexity index is 258. The van der Waals surface area contributed by atoms with Crippen LogP contribution in [0.1, 0.15) is 40.5 Å². The van der Waals surface area contributed by atoms with Crippen molar-refractivity contribution in [1.82, 2.24) is 5.32 Å². The minimum atomic E-state index is -2.78. The monoisotopic (exact) mass is 235 g/mol. The van der Waals surface area contributed by atoms with Crippen molar-refractivity contribution in [3.8, 4) is 0 Å². The summed E-state index contributed by atoms with van der Waals surface area (Å²) in [5.41, 5.74) is 0.309. The van der Waals surface area contributed by atoms with E-state index >= 15 is 0 Å². The average Bonchev–Trinajstić information content (AvgIpc) is 2.17. The maximum atomic E-state index is 11.2. The molecule has 0 aliphatic heterocycles. The predicted octanol–water partition coefficient (Wildman–Crippen LogP) is 1.84. The van der Waals surface area contributed by atoms with Gasteiger partial charge in [0.25, 0.3) is 0 Å². The largest absolute Gasteiger partial charge is 0.316 e. The third-order valence-electron chi connectivity index (χ3n) is 2.81. The van der Waals surface area contributed by atoms with E-state index in [9.17, 15) is 8.42 Å². The highest BCUT2D eigenvalue weighted by molar-refractivity contribution is 7.91. The first-order chi connectivity index (χ1) is 6.83. The number of hydrogen-bond acceptors (Lipinski definition) is 3. The Morgan fingerprint density at radius 2 is 1.80 bits per heavy atom. The van der Waals surface area contributed by atoms with Crippen LogP contribution in [0.5, 0.6) is 0 Å². The molecule has 92 valence electrons. The first-order valence-corrected chi connectivity index (χ1v) is 7.56. The second-order valence-electron chi connectivity index (χ2n) is 4.78. The van der Waals surface area contributed by atoms with Gasteiger partial charge >= 0.3 is 0 Å². The van der Waals surface area contributed by atoms with E-state index in [1.54, 1.807) is 6.92 Å². The number of hydrogen-bond donors (Lipinski definition) is 1. The van der Waals surface area contributed by atoms with Gasteiger partial charge < -0.3 is 5.32 Å². The molecule has 0 unspecified atom stereocenters. The standard InChI is InChI=1S/C11H25NO2S/c1-5-11(3,4)10-12-8-7-9-15(13,14)6-2/h12H,5-10H2,1-4H3. The molecule has 15 heavy (non-hydrogen) atoms. The normalized spacial score (nSPS) is 13.1. The van der Waals surface area contributed by atoms with Gasteiger partial charge in [0.2, 0.25) is 0 Å². The number of sulfone groups is 1. The fourth-order valence-electron chi connectivity index (χ4n) is 1.11. The van der Waals surface area contributed by atoms with Gasteiger partial charge in [0, 0.05) is 12.3 Å². The van der Waals surface area contributed by atoms with E-state index in [2.05, 4.69) is 26.1 Å². The van der Waals surface area contributed by atoms with Crippen LogP contribution in [0.25, 0.3) is 0 Å². The lowest BCUT2D eigenvalue weighted by molar-refractivity contribution is 0.329. The van der Waals surface area contributed by atoms with Gasteiger partial charge in [-0.3, -0.25) is 0 Å². The lowest BCUT2D eigenvalue weighted by Gasteiger charge is -2.22. The van der Waals surface area contributed by atoms with Gasteiger partial charge in [-0.2, -0.15) is 0 Å². The van der Waals surface area contributed by atoms with E-state index in [0.717, 1.165) is 25.9 Å². The molecule has 0 aliphatic rings. The molecule has 0 bridgehead atoms. The summed E-state index contributed by atoms with van der Waals surface area (Å²) in [6, 6.07) is 0. The molecular formula is C11H25NO2S. The zero-order valence-corrected chi connectivity index (χ0v) is 11.3. The van der Waals surface area contributed by atoms with Gasteiger partial charge in [0.05, 0.1) is 5.75 Å². The summed E-state index contributed by atoms with van der Waals surface area (Å²) >= 11 is 0. The van der Waals surface area contributed by atoms with Crippen LogP contribution in [0.4, 0.5) is 0 Å². The van der Waals surface area contributed by atoms with Crippen molar-refractivity contribution in [2.24, 2.45) is 5.41 Å². The van der Waals surface area contributed by atoms with Gasteiger partial charge in [0.1, 0.15) is 9.84 Å². The van der Waals surface area contributed by atoms with E-state index < -0.39 is 9.84 Å². The summed E-state index contributed by atoms with van der Waals surface area (Å²) in [4.78, 5) is 0. The molecule has 0 spiro atoms. The quantitative estimate of drug-likeness (QED) is 0.653. The smallest absolute Gasteiger partial charge is 0.150 e. The van der Waals surface area contributed by atoms with Crippen molar-refractivity contribution >= 4 is 9.84 Å². The molecule has 0 atom stereocenters. The topological polar surface area (TPSA) is 46.2 Å². The van der Waals surface area contributed by atoms with E-state index in [4.69, 9.17) is 0 Å². The lowest BCUT2D eigenvalue weighted by Crippen LogP contribution is -2.30. The summed E-state index contributed by atoms with van der Waals surface area (Å²) < 4.78 is 22.4. The minimum Gasteiger partial charge on any atom is -0.316 e. The van der Waals surface area contributed by atoms with Crippen LogP contribution < -0.4 is 5.32 Å². The second kappa shape index (κ2) is 6.48. The molecule has 1 N–H and O–H groups in total. The molecule has 0 heterocycles.